The summed E-state index contributed by atoms with van der Waals surface area (Å²) in [4.78, 5) is 17.9. The van der Waals surface area contributed by atoms with Gasteiger partial charge in [0.1, 0.15) is 17.2 Å². The van der Waals surface area contributed by atoms with E-state index in [2.05, 4.69) is 61.8 Å². The Bertz CT molecular complexity index is 1460. The molecule has 5 rings (SSSR count). The van der Waals surface area contributed by atoms with E-state index in [0.717, 1.165) is 50.3 Å². The van der Waals surface area contributed by atoms with Gasteiger partial charge in [-0.15, -0.1) is 0 Å². The lowest BCUT2D eigenvalue weighted by atomic mass is 10.0. The number of furan rings is 1. The first-order chi connectivity index (χ1) is 16.5. The summed E-state index contributed by atoms with van der Waals surface area (Å²) in [5.74, 6) is 2.10. The first-order valence-corrected chi connectivity index (χ1v) is 11.2. The third kappa shape index (κ3) is 4.32. The minimum atomic E-state index is 0.0400. The SMILES string of the molecule is CNc1ncc(-c2cccc([C@H](C)Nc3cc(-c4ccc5occ(C)c5c4)nc(C)n3)c2)cn1. The summed E-state index contributed by atoms with van der Waals surface area (Å²) in [7, 11) is 1.81. The van der Waals surface area contributed by atoms with Gasteiger partial charge < -0.3 is 15.1 Å². The molecule has 0 saturated carbocycles. The Hall–Kier alpha value is -4.26. The van der Waals surface area contributed by atoms with Crippen LogP contribution in [-0.4, -0.2) is 27.0 Å². The van der Waals surface area contributed by atoms with Crippen molar-refractivity contribution in [2.24, 2.45) is 0 Å². The van der Waals surface area contributed by atoms with E-state index in [1.54, 1.807) is 13.3 Å². The van der Waals surface area contributed by atoms with E-state index in [1.165, 1.54) is 0 Å². The average Bonchev–Trinajstić information content (AvgIpc) is 3.24. The summed E-state index contributed by atoms with van der Waals surface area (Å²) < 4.78 is 5.59. The second-order valence-corrected chi connectivity index (χ2v) is 8.35. The number of hydrogen-bond donors (Lipinski definition) is 2. The van der Waals surface area contributed by atoms with Crippen LogP contribution in [0.4, 0.5) is 11.8 Å². The molecule has 2 aromatic carbocycles. The Balaban J connectivity index is 1.41. The Morgan fingerprint density at radius 3 is 2.50 bits per heavy atom. The zero-order chi connectivity index (χ0) is 23.7. The molecule has 3 aromatic heterocycles. The number of benzene rings is 2. The lowest BCUT2D eigenvalue weighted by molar-refractivity contribution is 0.613. The predicted molar refractivity (Wildman–Crippen MR) is 136 cm³/mol. The van der Waals surface area contributed by atoms with E-state index in [0.29, 0.717) is 11.8 Å². The third-order valence-corrected chi connectivity index (χ3v) is 5.86. The second-order valence-electron chi connectivity index (χ2n) is 8.35. The molecule has 0 aliphatic heterocycles. The van der Waals surface area contributed by atoms with Crippen LogP contribution in [0.1, 0.15) is 29.9 Å². The van der Waals surface area contributed by atoms with E-state index < -0.39 is 0 Å². The number of hydrogen-bond acceptors (Lipinski definition) is 7. The van der Waals surface area contributed by atoms with Crippen molar-refractivity contribution in [1.82, 2.24) is 19.9 Å². The van der Waals surface area contributed by atoms with Crippen LogP contribution in [0.2, 0.25) is 0 Å². The lowest BCUT2D eigenvalue weighted by Gasteiger charge is -2.17. The minimum absolute atomic E-state index is 0.0400. The molecule has 0 radical (unpaired) electrons. The summed E-state index contributed by atoms with van der Waals surface area (Å²) in [6, 6.07) is 16.5. The van der Waals surface area contributed by atoms with Gasteiger partial charge in [0, 0.05) is 48.1 Å². The van der Waals surface area contributed by atoms with Crippen molar-refractivity contribution in [2.75, 3.05) is 17.7 Å². The zero-order valence-electron chi connectivity index (χ0n) is 19.6. The van der Waals surface area contributed by atoms with E-state index in [-0.39, 0.29) is 6.04 Å². The largest absolute Gasteiger partial charge is 0.464 e. The van der Waals surface area contributed by atoms with E-state index >= 15 is 0 Å². The molecule has 0 amide bonds. The lowest BCUT2D eigenvalue weighted by Crippen LogP contribution is -2.09. The van der Waals surface area contributed by atoms with Crippen LogP contribution in [0.5, 0.6) is 0 Å². The zero-order valence-corrected chi connectivity index (χ0v) is 19.6. The van der Waals surface area contributed by atoms with Gasteiger partial charge in [0.25, 0.3) is 0 Å². The molecule has 2 N–H and O–H groups in total. The minimum Gasteiger partial charge on any atom is -0.464 e. The van der Waals surface area contributed by atoms with Crippen molar-refractivity contribution < 1.29 is 4.42 Å². The summed E-state index contributed by atoms with van der Waals surface area (Å²) in [6.07, 6.45) is 5.44. The maximum Gasteiger partial charge on any atom is 0.222 e. The molecule has 0 unspecified atom stereocenters. The van der Waals surface area contributed by atoms with Gasteiger partial charge in [0.05, 0.1) is 12.0 Å². The molecule has 1 atom stereocenters. The highest BCUT2D eigenvalue weighted by molar-refractivity contribution is 5.85. The summed E-state index contributed by atoms with van der Waals surface area (Å²) in [6.45, 7) is 6.08. The van der Waals surface area contributed by atoms with Crippen LogP contribution in [0.3, 0.4) is 0 Å². The van der Waals surface area contributed by atoms with Gasteiger partial charge >= 0.3 is 0 Å². The highest BCUT2D eigenvalue weighted by Crippen LogP contribution is 2.29. The number of rotatable bonds is 6. The van der Waals surface area contributed by atoms with Crippen LogP contribution in [0, 0.1) is 13.8 Å². The van der Waals surface area contributed by atoms with Gasteiger partial charge in [0.2, 0.25) is 5.95 Å². The first kappa shape index (κ1) is 21.6. The number of anilines is 2. The van der Waals surface area contributed by atoms with Crippen molar-refractivity contribution in [2.45, 2.75) is 26.8 Å². The van der Waals surface area contributed by atoms with E-state index in [9.17, 15) is 0 Å². The summed E-state index contributed by atoms with van der Waals surface area (Å²) in [5, 5.41) is 7.58. The molecular formula is C27H26N6O. The second kappa shape index (κ2) is 8.94. The van der Waals surface area contributed by atoms with Gasteiger partial charge in [-0.3, -0.25) is 0 Å². The molecule has 170 valence electrons. The van der Waals surface area contributed by atoms with Crippen LogP contribution in [0.25, 0.3) is 33.4 Å². The molecule has 0 bridgehead atoms. The van der Waals surface area contributed by atoms with Crippen LogP contribution in [0.15, 0.2) is 71.6 Å². The molecule has 0 spiro atoms. The fourth-order valence-electron chi connectivity index (χ4n) is 4.00. The molecule has 0 saturated heterocycles. The Morgan fingerprint density at radius 2 is 1.71 bits per heavy atom. The predicted octanol–water partition coefficient (Wildman–Crippen LogP) is 6.18. The Morgan fingerprint density at radius 1 is 0.882 bits per heavy atom. The number of nitrogens with zero attached hydrogens (tertiary/aromatic N) is 4. The van der Waals surface area contributed by atoms with Crippen molar-refractivity contribution in [3.8, 4) is 22.4 Å². The van der Waals surface area contributed by atoms with Crippen molar-refractivity contribution >= 4 is 22.7 Å². The maximum atomic E-state index is 5.59. The van der Waals surface area contributed by atoms with Gasteiger partial charge in [-0.25, -0.2) is 19.9 Å². The monoisotopic (exact) mass is 450 g/mol. The van der Waals surface area contributed by atoms with Gasteiger partial charge in [0.15, 0.2) is 0 Å². The number of fused-ring (bicyclic) bond motifs is 1. The highest BCUT2D eigenvalue weighted by atomic mass is 16.3. The molecule has 0 aliphatic carbocycles. The average molecular weight is 451 g/mol. The van der Waals surface area contributed by atoms with Gasteiger partial charge in [-0.2, -0.15) is 0 Å². The van der Waals surface area contributed by atoms with Gasteiger partial charge in [-0.05, 0) is 61.7 Å². The summed E-state index contributed by atoms with van der Waals surface area (Å²) in [5.41, 5.74) is 7.08. The standard InChI is InChI=1S/C27H26N6O/c1-16-15-34-25-9-8-21(11-23(16)25)24-12-26(33-18(3)32-24)31-17(2)19-6-5-7-20(10-19)22-13-29-27(28-4)30-14-22/h5-15,17H,1-4H3,(H,28,29,30)(H,31,32,33)/t17-/m0/s1. The summed E-state index contributed by atoms with van der Waals surface area (Å²) >= 11 is 0. The molecule has 0 fully saturated rings. The molecule has 5 aromatic rings. The van der Waals surface area contributed by atoms with E-state index in [4.69, 9.17) is 4.42 Å². The fourth-order valence-corrected chi connectivity index (χ4v) is 4.00. The fraction of sp³-hybridized carbons (Fsp3) is 0.185. The van der Waals surface area contributed by atoms with Gasteiger partial charge in [-0.1, -0.05) is 18.2 Å². The van der Waals surface area contributed by atoms with Crippen LogP contribution < -0.4 is 10.6 Å². The normalized spacial score (nSPS) is 12.0. The Kier molecular flexibility index (Phi) is 5.67. The van der Waals surface area contributed by atoms with Crippen molar-refractivity contribution in [3.05, 3.63) is 84.1 Å². The maximum absolute atomic E-state index is 5.59. The van der Waals surface area contributed by atoms with E-state index in [1.807, 2.05) is 50.5 Å². The quantitative estimate of drug-likeness (QED) is 0.319. The Labute approximate surface area is 198 Å². The molecule has 7 heteroatoms. The van der Waals surface area contributed by atoms with Crippen molar-refractivity contribution in [1.29, 1.82) is 0 Å². The first-order valence-electron chi connectivity index (χ1n) is 11.2. The van der Waals surface area contributed by atoms with Crippen LogP contribution >= 0.6 is 0 Å². The third-order valence-electron chi connectivity index (χ3n) is 5.86. The number of aromatic nitrogens is 4. The number of aryl methyl sites for hydroxylation is 2. The molecule has 3 heterocycles. The number of nitrogens with one attached hydrogen (secondary N) is 2. The van der Waals surface area contributed by atoms with Crippen molar-refractivity contribution in [3.63, 3.8) is 0 Å². The molecule has 0 aliphatic rings. The molecule has 34 heavy (non-hydrogen) atoms. The molecular weight excluding hydrogens is 424 g/mol. The topological polar surface area (TPSA) is 88.8 Å². The molecule has 7 nitrogen and oxygen atoms in total. The smallest absolute Gasteiger partial charge is 0.222 e. The van der Waals surface area contributed by atoms with Crippen LogP contribution in [-0.2, 0) is 0 Å². The highest BCUT2D eigenvalue weighted by Gasteiger charge is 2.12.